The predicted octanol–water partition coefficient (Wildman–Crippen LogP) is 3.29. The highest BCUT2D eigenvalue weighted by atomic mass is 32.2. The Hall–Kier alpha value is -1.89. The number of nitrogens with zero attached hydrogens (tertiary/aromatic N) is 3. The molecule has 1 aromatic carbocycles. The first-order valence-corrected chi connectivity index (χ1v) is 7.92. The smallest absolute Gasteiger partial charge is 0.279 e. The summed E-state index contributed by atoms with van der Waals surface area (Å²) in [4.78, 5) is 15.5. The largest absolute Gasteiger partial charge is 0.302 e. The first kappa shape index (κ1) is 15.0. The van der Waals surface area contributed by atoms with Crippen LogP contribution in [0.1, 0.15) is 17.4 Å². The quantitative estimate of drug-likeness (QED) is 0.870. The van der Waals surface area contributed by atoms with Crippen molar-refractivity contribution in [3.63, 3.8) is 0 Å². The van der Waals surface area contributed by atoms with Gasteiger partial charge >= 0.3 is 0 Å². The van der Waals surface area contributed by atoms with E-state index in [0.717, 1.165) is 21.0 Å². The van der Waals surface area contributed by atoms with Crippen molar-refractivity contribution in [3.8, 4) is 0 Å². The summed E-state index contributed by atoms with van der Waals surface area (Å²) in [5.74, 6) is 0.536. The van der Waals surface area contributed by atoms with Gasteiger partial charge in [0.05, 0.1) is 5.69 Å². The van der Waals surface area contributed by atoms with E-state index in [-0.39, 0.29) is 17.6 Å². The van der Waals surface area contributed by atoms with Crippen LogP contribution in [0.4, 0.5) is 14.5 Å². The number of hydrogen-bond donors (Lipinski definition) is 0. The van der Waals surface area contributed by atoms with Crippen molar-refractivity contribution in [2.24, 2.45) is 0 Å². The van der Waals surface area contributed by atoms with E-state index < -0.39 is 13.0 Å². The minimum absolute atomic E-state index is 0.0210. The van der Waals surface area contributed by atoms with Gasteiger partial charge in [0.2, 0.25) is 0 Å². The van der Waals surface area contributed by atoms with Gasteiger partial charge in [-0.2, -0.15) is 5.10 Å². The molecule has 3 rings (SSSR count). The Balaban J connectivity index is 1.90. The zero-order valence-electron chi connectivity index (χ0n) is 11.9. The number of hydrogen-bond acceptors (Lipinski definition) is 3. The van der Waals surface area contributed by atoms with Gasteiger partial charge in [-0.25, -0.2) is 8.78 Å². The molecule has 0 unspecified atom stereocenters. The van der Waals surface area contributed by atoms with E-state index >= 15 is 0 Å². The number of anilines is 1. The highest BCUT2D eigenvalue weighted by Gasteiger charge is 2.30. The van der Waals surface area contributed by atoms with Crippen molar-refractivity contribution in [2.45, 2.75) is 30.8 Å². The highest BCUT2D eigenvalue weighted by molar-refractivity contribution is 7.99. The molecule has 0 fully saturated rings. The van der Waals surface area contributed by atoms with Crippen LogP contribution in [0.2, 0.25) is 0 Å². The van der Waals surface area contributed by atoms with E-state index in [1.165, 1.54) is 12.3 Å². The molecule has 0 N–H and O–H groups in total. The van der Waals surface area contributed by atoms with Gasteiger partial charge in [0.25, 0.3) is 12.3 Å². The number of para-hydroxylation sites is 1. The monoisotopic (exact) mass is 323 g/mol. The second kappa shape index (κ2) is 6.08. The lowest BCUT2D eigenvalue weighted by Gasteiger charge is -2.34. The molecule has 0 bridgehead atoms. The van der Waals surface area contributed by atoms with Crippen molar-refractivity contribution in [3.05, 3.63) is 42.2 Å². The lowest BCUT2D eigenvalue weighted by Crippen LogP contribution is -2.42. The number of carbonyl (C=O) groups is 1. The molecule has 116 valence electrons. The number of benzene rings is 1. The lowest BCUT2D eigenvalue weighted by molar-refractivity contribution is 0.0968. The van der Waals surface area contributed by atoms with Crippen molar-refractivity contribution < 1.29 is 13.6 Å². The molecule has 0 saturated heterocycles. The molecule has 1 aliphatic heterocycles. The SMILES string of the molecule is C[C@@H]1CSc2ccccc2N1C(=O)c1ccn(CC(F)F)n1. The predicted molar refractivity (Wildman–Crippen MR) is 81.7 cm³/mol. The summed E-state index contributed by atoms with van der Waals surface area (Å²) >= 11 is 1.71. The van der Waals surface area contributed by atoms with Gasteiger partial charge in [0.15, 0.2) is 5.69 Å². The van der Waals surface area contributed by atoms with E-state index in [1.54, 1.807) is 16.7 Å². The van der Waals surface area contributed by atoms with E-state index in [4.69, 9.17) is 0 Å². The molecule has 0 aliphatic carbocycles. The first-order chi connectivity index (χ1) is 10.6. The number of thioether (sulfide) groups is 1. The van der Waals surface area contributed by atoms with Crippen LogP contribution >= 0.6 is 11.8 Å². The van der Waals surface area contributed by atoms with Crippen LogP contribution in [-0.2, 0) is 6.54 Å². The fraction of sp³-hybridized carbons (Fsp3) is 0.333. The van der Waals surface area contributed by atoms with Crippen LogP contribution in [0.15, 0.2) is 41.4 Å². The molecule has 1 aliphatic rings. The number of amides is 1. The van der Waals surface area contributed by atoms with E-state index in [0.29, 0.717) is 0 Å². The highest BCUT2D eigenvalue weighted by Crippen LogP contribution is 2.37. The van der Waals surface area contributed by atoms with E-state index in [9.17, 15) is 13.6 Å². The minimum Gasteiger partial charge on any atom is -0.302 e. The third-order valence-electron chi connectivity index (χ3n) is 3.45. The molecule has 2 aromatic rings. The van der Waals surface area contributed by atoms with Crippen LogP contribution in [0.5, 0.6) is 0 Å². The van der Waals surface area contributed by atoms with Gasteiger partial charge in [-0.05, 0) is 25.1 Å². The normalized spacial score (nSPS) is 17.6. The van der Waals surface area contributed by atoms with Crippen LogP contribution in [0, 0.1) is 0 Å². The van der Waals surface area contributed by atoms with Gasteiger partial charge in [0.1, 0.15) is 6.54 Å². The molecule has 4 nitrogen and oxygen atoms in total. The molecule has 2 heterocycles. The maximum atomic E-state index is 12.7. The van der Waals surface area contributed by atoms with E-state index in [2.05, 4.69) is 5.10 Å². The average molecular weight is 323 g/mol. The van der Waals surface area contributed by atoms with Crippen LogP contribution in [0.25, 0.3) is 0 Å². The Bertz CT molecular complexity index is 689. The summed E-state index contributed by atoms with van der Waals surface area (Å²) in [5.41, 5.74) is 1.04. The van der Waals surface area contributed by atoms with Gasteiger partial charge in [-0.15, -0.1) is 11.8 Å². The summed E-state index contributed by atoms with van der Waals surface area (Å²) in [6.07, 6.45) is -1.08. The van der Waals surface area contributed by atoms with Gasteiger partial charge in [0, 0.05) is 22.9 Å². The Labute approximate surface area is 131 Å². The fourth-order valence-electron chi connectivity index (χ4n) is 2.45. The number of halogens is 2. The zero-order valence-corrected chi connectivity index (χ0v) is 12.8. The molecule has 1 amide bonds. The van der Waals surface area contributed by atoms with Gasteiger partial charge in [-0.3, -0.25) is 9.48 Å². The summed E-state index contributed by atoms with van der Waals surface area (Å²) in [5, 5.41) is 3.97. The second-order valence-corrected chi connectivity index (χ2v) is 6.18. The maximum absolute atomic E-state index is 12.7. The summed E-state index contributed by atoms with van der Waals surface area (Å²) in [7, 11) is 0. The minimum atomic E-state index is -2.49. The second-order valence-electron chi connectivity index (χ2n) is 5.12. The Kier molecular flexibility index (Phi) is 4.15. The topological polar surface area (TPSA) is 38.1 Å². The first-order valence-electron chi connectivity index (χ1n) is 6.93. The maximum Gasteiger partial charge on any atom is 0.279 e. The summed E-state index contributed by atoms with van der Waals surface area (Å²) in [6.45, 7) is 1.46. The summed E-state index contributed by atoms with van der Waals surface area (Å²) < 4.78 is 25.9. The van der Waals surface area contributed by atoms with Gasteiger partial charge < -0.3 is 4.90 Å². The molecule has 22 heavy (non-hydrogen) atoms. The molecular weight excluding hydrogens is 308 g/mol. The number of aromatic nitrogens is 2. The molecule has 0 spiro atoms. The van der Waals surface area contributed by atoms with Crippen molar-refractivity contribution in [2.75, 3.05) is 10.7 Å². The van der Waals surface area contributed by atoms with Gasteiger partial charge in [-0.1, -0.05) is 12.1 Å². The fourth-order valence-corrected chi connectivity index (χ4v) is 3.51. The molecule has 0 saturated carbocycles. The van der Waals surface area contributed by atoms with Crippen molar-refractivity contribution in [1.82, 2.24) is 9.78 Å². The van der Waals surface area contributed by atoms with Crippen LogP contribution in [-0.4, -0.2) is 33.9 Å². The summed E-state index contributed by atoms with van der Waals surface area (Å²) in [6, 6.07) is 9.19. The molecule has 1 atom stereocenters. The number of alkyl halides is 2. The van der Waals surface area contributed by atoms with E-state index in [1.807, 2.05) is 31.2 Å². The van der Waals surface area contributed by atoms with Crippen molar-refractivity contribution >= 4 is 23.4 Å². The molecule has 7 heteroatoms. The molecule has 0 radical (unpaired) electrons. The third kappa shape index (κ3) is 2.85. The van der Waals surface area contributed by atoms with Crippen molar-refractivity contribution in [1.29, 1.82) is 0 Å². The Morgan fingerprint density at radius 2 is 2.18 bits per heavy atom. The lowest BCUT2D eigenvalue weighted by atomic mass is 10.2. The average Bonchev–Trinajstić information content (AvgIpc) is 2.94. The zero-order chi connectivity index (χ0) is 15.7. The number of carbonyl (C=O) groups excluding carboxylic acids is 1. The Morgan fingerprint density at radius 3 is 2.95 bits per heavy atom. The van der Waals surface area contributed by atoms with Crippen LogP contribution < -0.4 is 4.90 Å². The standard InChI is InChI=1S/C15H15F2N3OS/c1-10-9-22-13-5-3-2-4-12(13)20(10)15(21)11-6-7-19(18-11)8-14(16)17/h2-7,10,14H,8-9H2,1H3/t10-/m1/s1. The number of rotatable bonds is 3. The Morgan fingerprint density at radius 1 is 1.41 bits per heavy atom. The molecular formula is C15H15F2N3OS. The number of fused-ring (bicyclic) bond motifs is 1. The molecule has 1 aromatic heterocycles. The van der Waals surface area contributed by atoms with Crippen LogP contribution in [0.3, 0.4) is 0 Å². The third-order valence-corrected chi connectivity index (χ3v) is 4.75.